The second-order valence-electron chi connectivity index (χ2n) is 12.5. The summed E-state index contributed by atoms with van der Waals surface area (Å²) in [4.78, 5) is 15.5. The van der Waals surface area contributed by atoms with E-state index in [4.69, 9.17) is 15.0 Å². The van der Waals surface area contributed by atoms with Gasteiger partial charge in [-0.15, -0.1) is 0 Å². The van der Waals surface area contributed by atoms with Crippen LogP contribution in [0.5, 0.6) is 0 Å². The number of fused-ring (bicyclic) bond motifs is 7. The average Bonchev–Trinajstić information content (AvgIpc) is 3.71. The molecule has 0 unspecified atom stereocenters. The van der Waals surface area contributed by atoms with Gasteiger partial charge in [-0.3, -0.25) is 4.57 Å². The van der Waals surface area contributed by atoms with E-state index in [9.17, 15) is 0 Å². The number of aromatic nitrogens is 5. The summed E-state index contributed by atoms with van der Waals surface area (Å²) in [6.07, 6.45) is 0. The molecule has 0 radical (unpaired) electrons. The zero-order valence-corrected chi connectivity index (χ0v) is 27.0. The van der Waals surface area contributed by atoms with Crippen LogP contribution in [0.25, 0.3) is 89.2 Å². The first-order chi connectivity index (χ1) is 24.8. The molecule has 3 aromatic heterocycles. The molecule has 0 aliphatic heterocycles. The van der Waals surface area contributed by atoms with Crippen molar-refractivity contribution in [3.8, 4) is 45.5 Å². The smallest absolute Gasteiger partial charge is 0.238 e. The van der Waals surface area contributed by atoms with Crippen molar-refractivity contribution >= 4 is 43.6 Å². The predicted octanol–water partition coefficient (Wildman–Crippen LogP) is 11.1. The lowest BCUT2D eigenvalue weighted by atomic mass is 10.0. The summed E-state index contributed by atoms with van der Waals surface area (Å²) in [5.41, 5.74) is 9.70. The highest BCUT2D eigenvalue weighted by molar-refractivity contribution is 6.26. The van der Waals surface area contributed by atoms with Gasteiger partial charge in [-0.05, 0) is 47.5 Å². The van der Waals surface area contributed by atoms with Gasteiger partial charge >= 0.3 is 0 Å². The van der Waals surface area contributed by atoms with Crippen LogP contribution >= 0.6 is 0 Å². The molecule has 0 spiro atoms. The molecule has 5 nitrogen and oxygen atoms in total. The lowest BCUT2D eigenvalue weighted by Crippen LogP contribution is -2.06. The molecule has 0 N–H and O–H groups in total. The van der Waals surface area contributed by atoms with Crippen LogP contribution in [0.3, 0.4) is 0 Å². The van der Waals surface area contributed by atoms with E-state index in [2.05, 4.69) is 149 Å². The Bertz CT molecular complexity index is 2780. The Morgan fingerprint density at radius 2 is 0.880 bits per heavy atom. The third kappa shape index (κ3) is 4.45. The van der Waals surface area contributed by atoms with Crippen LogP contribution in [0.4, 0.5) is 0 Å². The largest absolute Gasteiger partial charge is 0.309 e. The maximum atomic E-state index is 5.22. The van der Waals surface area contributed by atoms with E-state index < -0.39 is 0 Å². The highest BCUT2D eigenvalue weighted by Gasteiger charge is 2.23. The van der Waals surface area contributed by atoms with Gasteiger partial charge in [0.1, 0.15) is 0 Å². The molecule has 0 amide bonds. The molecule has 0 saturated heterocycles. The van der Waals surface area contributed by atoms with Crippen LogP contribution in [0.1, 0.15) is 0 Å². The fraction of sp³-hybridized carbons (Fsp3) is 0. The van der Waals surface area contributed by atoms with E-state index in [-0.39, 0.29) is 0 Å². The minimum absolute atomic E-state index is 0.580. The standard InChI is InChI=1S/C45H29N5/c1-5-15-30(16-6-1)33-25-27-39-37(29-33)41-40(49(39)34-21-11-4-12-22-34)28-26-36-35-23-13-14-24-38(35)50(42(36)41)45-47-43(31-17-7-2-8-18-31)46-44(48-45)32-19-9-3-10-20-32/h1-29H. The van der Waals surface area contributed by atoms with Crippen LogP contribution in [0.15, 0.2) is 176 Å². The number of hydrogen-bond donors (Lipinski definition) is 0. The highest BCUT2D eigenvalue weighted by atomic mass is 15.2. The summed E-state index contributed by atoms with van der Waals surface area (Å²) in [5.74, 6) is 1.84. The third-order valence-corrected chi connectivity index (χ3v) is 9.57. The monoisotopic (exact) mass is 639 g/mol. The Hall–Kier alpha value is -6.85. The average molecular weight is 640 g/mol. The van der Waals surface area contributed by atoms with Crippen molar-refractivity contribution in [2.24, 2.45) is 0 Å². The number of hydrogen-bond acceptors (Lipinski definition) is 3. The van der Waals surface area contributed by atoms with Gasteiger partial charge in [-0.25, -0.2) is 4.98 Å². The molecule has 0 atom stereocenters. The lowest BCUT2D eigenvalue weighted by Gasteiger charge is -2.11. The molecule has 7 aromatic carbocycles. The first-order valence-corrected chi connectivity index (χ1v) is 16.8. The molecule has 0 bridgehead atoms. The zero-order chi connectivity index (χ0) is 33.0. The molecule has 50 heavy (non-hydrogen) atoms. The van der Waals surface area contributed by atoms with Crippen LogP contribution in [-0.4, -0.2) is 24.1 Å². The number of rotatable bonds is 5. The molecule has 3 heterocycles. The van der Waals surface area contributed by atoms with Crippen LogP contribution in [0.2, 0.25) is 0 Å². The minimum Gasteiger partial charge on any atom is -0.309 e. The quantitative estimate of drug-likeness (QED) is 0.188. The second kappa shape index (κ2) is 11.4. The maximum absolute atomic E-state index is 5.22. The van der Waals surface area contributed by atoms with Gasteiger partial charge in [-0.2, -0.15) is 9.97 Å². The Balaban J connectivity index is 1.38. The van der Waals surface area contributed by atoms with E-state index in [0.29, 0.717) is 17.6 Å². The summed E-state index contributed by atoms with van der Waals surface area (Å²) in [7, 11) is 0. The normalized spacial score (nSPS) is 11.6. The Morgan fingerprint density at radius 3 is 1.54 bits per heavy atom. The predicted molar refractivity (Wildman–Crippen MR) is 205 cm³/mol. The maximum Gasteiger partial charge on any atom is 0.238 e. The van der Waals surface area contributed by atoms with E-state index in [1.165, 1.54) is 16.5 Å². The van der Waals surface area contributed by atoms with Crippen LogP contribution in [0, 0.1) is 0 Å². The minimum atomic E-state index is 0.580. The van der Waals surface area contributed by atoms with Crippen molar-refractivity contribution in [2.45, 2.75) is 0 Å². The summed E-state index contributed by atoms with van der Waals surface area (Å²) >= 11 is 0. The molecule has 0 saturated carbocycles. The SMILES string of the molecule is c1ccc(-c2ccc3c(c2)c2c(ccc4c5ccccc5n(-c5nc(-c6ccccc6)nc(-c6ccccc6)n5)c42)n3-c2ccccc2)cc1. The molecular formula is C45H29N5. The van der Waals surface area contributed by atoms with Crippen LogP contribution in [-0.2, 0) is 0 Å². The van der Waals surface area contributed by atoms with Crippen molar-refractivity contribution in [2.75, 3.05) is 0 Å². The molecule has 234 valence electrons. The fourth-order valence-corrected chi connectivity index (χ4v) is 7.33. The first kappa shape index (κ1) is 28.2. The Morgan fingerprint density at radius 1 is 0.340 bits per heavy atom. The van der Waals surface area contributed by atoms with E-state index >= 15 is 0 Å². The van der Waals surface area contributed by atoms with E-state index in [1.807, 2.05) is 36.4 Å². The topological polar surface area (TPSA) is 48.5 Å². The van der Waals surface area contributed by atoms with Gasteiger partial charge in [0, 0.05) is 38.4 Å². The van der Waals surface area contributed by atoms with Crippen LogP contribution < -0.4 is 0 Å². The molecular weight excluding hydrogens is 611 g/mol. The molecule has 5 heteroatoms. The third-order valence-electron chi connectivity index (χ3n) is 9.57. The van der Waals surface area contributed by atoms with Crippen molar-refractivity contribution in [1.82, 2.24) is 24.1 Å². The van der Waals surface area contributed by atoms with Gasteiger partial charge in [-0.1, -0.05) is 140 Å². The van der Waals surface area contributed by atoms with Gasteiger partial charge in [0.2, 0.25) is 5.95 Å². The van der Waals surface area contributed by atoms with E-state index in [0.717, 1.165) is 55.0 Å². The Labute approximate surface area is 288 Å². The van der Waals surface area contributed by atoms with Gasteiger partial charge in [0.15, 0.2) is 11.6 Å². The van der Waals surface area contributed by atoms with Gasteiger partial charge < -0.3 is 4.57 Å². The number of nitrogens with zero attached hydrogens (tertiary/aromatic N) is 5. The second-order valence-corrected chi connectivity index (χ2v) is 12.5. The first-order valence-electron chi connectivity index (χ1n) is 16.8. The van der Waals surface area contributed by atoms with E-state index in [1.54, 1.807) is 0 Å². The van der Waals surface area contributed by atoms with Crippen molar-refractivity contribution in [3.05, 3.63) is 176 Å². The molecule has 10 rings (SSSR count). The molecule has 10 aromatic rings. The zero-order valence-electron chi connectivity index (χ0n) is 27.0. The summed E-state index contributed by atoms with van der Waals surface area (Å²) in [5, 5.41) is 4.61. The number of benzene rings is 7. The summed E-state index contributed by atoms with van der Waals surface area (Å²) < 4.78 is 4.62. The summed E-state index contributed by atoms with van der Waals surface area (Å²) in [6.45, 7) is 0. The number of para-hydroxylation sites is 2. The fourth-order valence-electron chi connectivity index (χ4n) is 7.33. The van der Waals surface area contributed by atoms with Crippen molar-refractivity contribution in [1.29, 1.82) is 0 Å². The Kier molecular flexibility index (Phi) is 6.42. The van der Waals surface area contributed by atoms with Gasteiger partial charge in [0.05, 0.1) is 22.1 Å². The summed E-state index contributed by atoms with van der Waals surface area (Å²) in [6, 6.07) is 61.4. The highest BCUT2D eigenvalue weighted by Crippen LogP contribution is 2.43. The van der Waals surface area contributed by atoms with Gasteiger partial charge in [0.25, 0.3) is 0 Å². The van der Waals surface area contributed by atoms with Crippen molar-refractivity contribution < 1.29 is 0 Å². The molecule has 0 aliphatic carbocycles. The molecule has 0 fully saturated rings. The lowest BCUT2D eigenvalue weighted by molar-refractivity contribution is 0.955. The van der Waals surface area contributed by atoms with Crippen molar-refractivity contribution in [3.63, 3.8) is 0 Å². The molecule has 0 aliphatic rings.